The van der Waals surface area contributed by atoms with Crippen LogP contribution in [0, 0.1) is 6.92 Å². The number of carbonyl (C=O) groups excluding carboxylic acids is 1. The van der Waals surface area contributed by atoms with Crippen molar-refractivity contribution in [3.63, 3.8) is 0 Å². The lowest BCUT2D eigenvalue weighted by molar-refractivity contribution is 0.0724. The molecule has 0 radical (unpaired) electrons. The Labute approximate surface area is 162 Å². The lowest BCUT2D eigenvalue weighted by Gasteiger charge is -2.27. The second kappa shape index (κ2) is 7.26. The number of piperidine rings is 1. The van der Waals surface area contributed by atoms with Crippen molar-refractivity contribution < 1.29 is 4.79 Å². The first kappa shape index (κ1) is 17.9. The van der Waals surface area contributed by atoms with Gasteiger partial charge in [0.15, 0.2) is 0 Å². The zero-order valence-corrected chi connectivity index (χ0v) is 16.6. The molecule has 2 aliphatic rings. The topological polar surface area (TPSA) is 26.8 Å². The number of amides is 1. The predicted octanol–water partition coefficient (Wildman–Crippen LogP) is 4.42. The van der Waals surface area contributed by atoms with Crippen molar-refractivity contribution in [3.05, 3.63) is 59.2 Å². The van der Waals surface area contributed by atoms with Gasteiger partial charge >= 0.3 is 0 Å². The second-order valence-electron chi connectivity index (χ2n) is 7.92. The van der Waals surface area contributed by atoms with Crippen molar-refractivity contribution >= 4 is 17.3 Å². The zero-order valence-electron chi connectivity index (χ0n) is 16.6. The molecule has 4 nitrogen and oxygen atoms in total. The summed E-state index contributed by atoms with van der Waals surface area (Å²) in [7, 11) is 2.12. The van der Waals surface area contributed by atoms with Gasteiger partial charge in [-0.3, -0.25) is 4.79 Å². The molecule has 2 aromatic carbocycles. The highest BCUT2D eigenvalue weighted by Crippen LogP contribution is 2.40. The van der Waals surface area contributed by atoms with Gasteiger partial charge in [-0.25, -0.2) is 0 Å². The molecule has 0 saturated carbocycles. The minimum Gasteiger partial charge on any atom is -0.353 e. The Balaban J connectivity index is 1.60. The maximum atomic E-state index is 12.9. The first-order chi connectivity index (χ1) is 13.0. The van der Waals surface area contributed by atoms with Crippen molar-refractivity contribution in [3.8, 4) is 0 Å². The van der Waals surface area contributed by atoms with Gasteiger partial charge in [-0.1, -0.05) is 29.8 Å². The smallest absolute Gasteiger partial charge is 0.253 e. The van der Waals surface area contributed by atoms with Crippen molar-refractivity contribution in [2.75, 3.05) is 29.9 Å². The number of hydrogen-bond donors (Lipinski definition) is 0. The van der Waals surface area contributed by atoms with Crippen LogP contribution in [0.25, 0.3) is 0 Å². The number of rotatable bonds is 3. The number of hydrogen-bond acceptors (Lipinski definition) is 3. The number of fused-ring (bicyclic) bond motifs is 1. The fourth-order valence-electron chi connectivity index (χ4n) is 4.30. The van der Waals surface area contributed by atoms with E-state index in [1.165, 1.54) is 23.2 Å². The summed E-state index contributed by atoms with van der Waals surface area (Å²) < 4.78 is 0. The summed E-state index contributed by atoms with van der Waals surface area (Å²) in [5, 5.41) is 0. The fourth-order valence-corrected chi connectivity index (χ4v) is 4.30. The molecule has 27 heavy (non-hydrogen) atoms. The van der Waals surface area contributed by atoms with Gasteiger partial charge in [-0.2, -0.15) is 0 Å². The summed E-state index contributed by atoms with van der Waals surface area (Å²) in [5.74, 6) is 0.177. The number of benzene rings is 2. The van der Waals surface area contributed by atoms with Crippen LogP contribution in [-0.4, -0.2) is 37.1 Å². The molecule has 142 valence electrons. The monoisotopic (exact) mass is 363 g/mol. The van der Waals surface area contributed by atoms with Crippen LogP contribution in [0.1, 0.15) is 47.7 Å². The van der Waals surface area contributed by atoms with E-state index in [0.717, 1.165) is 43.7 Å². The van der Waals surface area contributed by atoms with E-state index in [1.807, 2.05) is 11.0 Å². The molecule has 2 aromatic rings. The van der Waals surface area contributed by atoms with Gasteiger partial charge < -0.3 is 14.7 Å². The zero-order chi connectivity index (χ0) is 19.0. The van der Waals surface area contributed by atoms with E-state index in [9.17, 15) is 4.79 Å². The molecule has 1 fully saturated rings. The Morgan fingerprint density at radius 1 is 1.04 bits per heavy atom. The first-order valence-corrected chi connectivity index (χ1v) is 10.0. The first-order valence-electron chi connectivity index (χ1n) is 10.0. The average Bonchev–Trinajstić information content (AvgIpc) is 2.92. The van der Waals surface area contributed by atoms with E-state index in [1.54, 1.807) is 0 Å². The van der Waals surface area contributed by atoms with Gasteiger partial charge in [0.05, 0.1) is 17.5 Å². The standard InChI is InChI=1S/C23H29N3O/c1-17-8-7-9-19(14-17)16-26-18(2)24(3)22-15-20(10-11-21(22)26)23(27)25-12-5-4-6-13-25/h7-11,14-15,18H,4-6,12-13,16H2,1-3H3. The van der Waals surface area contributed by atoms with Gasteiger partial charge in [0.25, 0.3) is 5.91 Å². The van der Waals surface area contributed by atoms with Crippen LogP contribution in [0.4, 0.5) is 11.4 Å². The maximum absolute atomic E-state index is 12.9. The molecule has 0 aromatic heterocycles. The summed E-state index contributed by atoms with van der Waals surface area (Å²) in [6, 6.07) is 14.9. The van der Waals surface area contributed by atoms with Crippen LogP contribution >= 0.6 is 0 Å². The van der Waals surface area contributed by atoms with Crippen molar-refractivity contribution in [1.82, 2.24) is 4.90 Å². The number of nitrogens with zero attached hydrogens (tertiary/aromatic N) is 3. The lowest BCUT2D eigenvalue weighted by Crippen LogP contribution is -2.38. The molecule has 0 N–H and O–H groups in total. The number of aryl methyl sites for hydroxylation is 1. The van der Waals surface area contributed by atoms with E-state index in [-0.39, 0.29) is 12.1 Å². The third-order valence-corrected chi connectivity index (χ3v) is 6.00. The summed E-state index contributed by atoms with van der Waals surface area (Å²) in [6.07, 6.45) is 3.75. The molecule has 2 aliphatic heterocycles. The molecular formula is C23H29N3O. The van der Waals surface area contributed by atoms with Crippen molar-refractivity contribution in [2.45, 2.75) is 45.8 Å². The Bertz CT molecular complexity index is 841. The van der Waals surface area contributed by atoms with Crippen LogP contribution in [-0.2, 0) is 6.54 Å². The van der Waals surface area contributed by atoms with Gasteiger partial charge in [0, 0.05) is 32.2 Å². The molecule has 1 saturated heterocycles. The van der Waals surface area contributed by atoms with Crippen LogP contribution < -0.4 is 9.80 Å². The van der Waals surface area contributed by atoms with Crippen LogP contribution in [0.5, 0.6) is 0 Å². The largest absolute Gasteiger partial charge is 0.353 e. The van der Waals surface area contributed by atoms with Gasteiger partial charge in [-0.05, 0) is 56.9 Å². The SMILES string of the molecule is Cc1cccc(CN2c3ccc(C(=O)N4CCCCC4)cc3N(C)C2C)c1. The Hall–Kier alpha value is -2.49. The van der Waals surface area contributed by atoms with Crippen LogP contribution in [0.15, 0.2) is 42.5 Å². The summed E-state index contributed by atoms with van der Waals surface area (Å²) >= 11 is 0. The molecule has 2 heterocycles. The summed E-state index contributed by atoms with van der Waals surface area (Å²) in [4.78, 5) is 19.6. The molecule has 0 spiro atoms. The fraction of sp³-hybridized carbons (Fsp3) is 0.435. The quantitative estimate of drug-likeness (QED) is 0.807. The van der Waals surface area contributed by atoms with E-state index in [2.05, 4.69) is 67.1 Å². The summed E-state index contributed by atoms with van der Waals surface area (Å²) in [5.41, 5.74) is 5.78. The number of carbonyl (C=O) groups is 1. The Kier molecular flexibility index (Phi) is 4.81. The van der Waals surface area contributed by atoms with Gasteiger partial charge in [0.1, 0.15) is 0 Å². The minimum atomic E-state index is 0.177. The van der Waals surface area contributed by atoms with E-state index >= 15 is 0 Å². The molecule has 1 atom stereocenters. The number of anilines is 2. The molecule has 4 heteroatoms. The molecule has 0 aliphatic carbocycles. The lowest BCUT2D eigenvalue weighted by atomic mass is 10.1. The highest BCUT2D eigenvalue weighted by atomic mass is 16.2. The normalized spacial score (nSPS) is 19.4. The molecular weight excluding hydrogens is 334 g/mol. The molecule has 1 unspecified atom stereocenters. The number of likely N-dealkylation sites (tertiary alicyclic amines) is 1. The highest BCUT2D eigenvalue weighted by molar-refractivity contribution is 5.97. The third-order valence-electron chi connectivity index (χ3n) is 6.00. The van der Waals surface area contributed by atoms with E-state index < -0.39 is 0 Å². The predicted molar refractivity (Wildman–Crippen MR) is 111 cm³/mol. The Morgan fingerprint density at radius 2 is 1.81 bits per heavy atom. The van der Waals surface area contributed by atoms with Crippen LogP contribution in [0.2, 0.25) is 0 Å². The third kappa shape index (κ3) is 3.41. The van der Waals surface area contributed by atoms with E-state index in [0.29, 0.717) is 0 Å². The Morgan fingerprint density at radius 3 is 2.56 bits per heavy atom. The molecule has 1 amide bonds. The van der Waals surface area contributed by atoms with Crippen LogP contribution in [0.3, 0.4) is 0 Å². The van der Waals surface area contributed by atoms with E-state index in [4.69, 9.17) is 0 Å². The van der Waals surface area contributed by atoms with Crippen molar-refractivity contribution in [1.29, 1.82) is 0 Å². The summed E-state index contributed by atoms with van der Waals surface area (Å²) in [6.45, 7) is 7.01. The molecule has 0 bridgehead atoms. The minimum absolute atomic E-state index is 0.177. The average molecular weight is 364 g/mol. The van der Waals surface area contributed by atoms with Crippen molar-refractivity contribution in [2.24, 2.45) is 0 Å². The maximum Gasteiger partial charge on any atom is 0.253 e. The highest BCUT2D eigenvalue weighted by Gasteiger charge is 2.31. The molecule has 4 rings (SSSR count). The van der Waals surface area contributed by atoms with Gasteiger partial charge in [-0.15, -0.1) is 0 Å². The second-order valence-corrected chi connectivity index (χ2v) is 7.92. The van der Waals surface area contributed by atoms with Gasteiger partial charge in [0.2, 0.25) is 0 Å².